The van der Waals surface area contributed by atoms with Crippen LogP contribution >= 0.6 is 34.2 Å². The minimum atomic E-state index is 0.407. The fraction of sp³-hybridized carbons (Fsp3) is 0.592. The van der Waals surface area contributed by atoms with Crippen LogP contribution in [0, 0.1) is 11.3 Å². The number of aromatic nitrogens is 9. The second-order valence-corrected chi connectivity index (χ2v) is 28.5. The second-order valence-electron chi connectivity index (χ2n) is 25.7. The Kier molecular flexibility index (Phi) is 42.2. The van der Waals surface area contributed by atoms with E-state index in [9.17, 15) is 0 Å². The first-order valence-corrected chi connectivity index (χ1v) is 35.9. The summed E-state index contributed by atoms with van der Waals surface area (Å²) in [6.07, 6.45) is 35.0. The Balaban J connectivity index is 0.000000503. The molecule has 7 heterocycles. The molecule has 7 aromatic heterocycles. The summed E-state index contributed by atoms with van der Waals surface area (Å²) in [4.78, 5) is 36.0. The average Bonchev–Trinajstić information content (AvgIpc) is 4.44. The van der Waals surface area contributed by atoms with E-state index >= 15 is 0 Å². The van der Waals surface area contributed by atoms with Crippen LogP contribution in [0.25, 0.3) is 12.2 Å². The number of thiazole rings is 2. The van der Waals surface area contributed by atoms with Crippen molar-refractivity contribution in [3.05, 3.63) is 168 Å². The number of hydrogen-bond donors (Lipinski definition) is 0. The van der Waals surface area contributed by atoms with Gasteiger partial charge in [0, 0.05) is 100 Å². The van der Waals surface area contributed by atoms with E-state index in [1.54, 1.807) is 11.3 Å². The van der Waals surface area contributed by atoms with Gasteiger partial charge in [-0.15, -0.1) is 22.7 Å². The first kappa shape index (κ1) is 80.8. The van der Waals surface area contributed by atoms with Crippen molar-refractivity contribution >= 4 is 46.4 Å². The summed E-state index contributed by atoms with van der Waals surface area (Å²) in [6, 6.07) is 12.8. The topological polar surface area (TPSA) is 116 Å². The summed E-state index contributed by atoms with van der Waals surface area (Å²) >= 11 is 5.12. The predicted octanol–water partition coefficient (Wildman–Crippen LogP) is 23.7. The maximum atomic E-state index is 4.45. The van der Waals surface area contributed by atoms with Gasteiger partial charge in [0.05, 0.1) is 15.7 Å². The van der Waals surface area contributed by atoms with Gasteiger partial charge in [-0.2, -0.15) is 4.37 Å². The Morgan fingerprint density at radius 2 is 0.989 bits per heavy atom. The van der Waals surface area contributed by atoms with E-state index in [-0.39, 0.29) is 0 Å². The van der Waals surface area contributed by atoms with Gasteiger partial charge in [0.15, 0.2) is 0 Å². The van der Waals surface area contributed by atoms with Crippen molar-refractivity contribution in [2.24, 2.45) is 11.3 Å². The van der Waals surface area contributed by atoms with E-state index in [1.807, 2.05) is 80.6 Å². The molecule has 1 aliphatic carbocycles. The normalized spacial score (nSPS) is 12.5. The SMILES string of the molecule is C/C=C/c1ccc(C(C)C)nc1.C/C=C/c1cnc(C(C)C)nc1.CC(C)CC1(C)CCCCC1.CCCc1ccc(C(C)C)nc1.CCc1ccc(C(C)C)nc1.CCc1cnc(C(C)C)s1.CCc1csc(C(C)C)n1.CCc1nsc(C(C)C)n1. The van der Waals surface area contributed by atoms with Crippen LogP contribution in [0.1, 0.15) is 329 Å². The molecule has 0 aromatic carbocycles. The molecule has 0 unspecified atom stereocenters. The van der Waals surface area contributed by atoms with Crippen molar-refractivity contribution in [3.63, 3.8) is 0 Å². The van der Waals surface area contributed by atoms with Crippen molar-refractivity contribution in [3.8, 4) is 0 Å². The van der Waals surface area contributed by atoms with Crippen molar-refractivity contribution < 1.29 is 0 Å². The van der Waals surface area contributed by atoms with Crippen LogP contribution in [0.15, 0.2) is 91.1 Å². The van der Waals surface area contributed by atoms with E-state index < -0.39 is 0 Å². The lowest BCUT2D eigenvalue weighted by Crippen LogP contribution is -2.21. The molecule has 1 fully saturated rings. The Morgan fingerprint density at radius 1 is 0.477 bits per heavy atom. The Labute approximate surface area is 550 Å². The Hall–Kier alpha value is -5.17. The van der Waals surface area contributed by atoms with Crippen molar-refractivity contribution in [1.82, 2.24) is 44.2 Å². The Bertz CT molecular complexity index is 2680. The number of nitrogens with zero attached hydrogens (tertiary/aromatic N) is 9. The highest BCUT2D eigenvalue weighted by molar-refractivity contribution is 7.11. The maximum Gasteiger partial charge on any atom is 0.142 e. The lowest BCUT2D eigenvalue weighted by atomic mass is 9.71. The summed E-state index contributed by atoms with van der Waals surface area (Å²) < 4.78 is 4.19. The molecule has 88 heavy (non-hydrogen) atoms. The van der Waals surface area contributed by atoms with Crippen LogP contribution < -0.4 is 0 Å². The van der Waals surface area contributed by atoms with Crippen molar-refractivity contribution in [2.45, 2.75) is 285 Å². The molecule has 488 valence electrons. The molecule has 0 saturated heterocycles. The van der Waals surface area contributed by atoms with Crippen LogP contribution in [0.4, 0.5) is 0 Å². The number of hydrogen-bond acceptors (Lipinski definition) is 12. The van der Waals surface area contributed by atoms with E-state index in [1.165, 1.54) is 105 Å². The maximum absolute atomic E-state index is 4.45. The van der Waals surface area contributed by atoms with Crippen LogP contribution in [-0.2, 0) is 32.1 Å². The predicted molar refractivity (Wildman–Crippen MR) is 389 cm³/mol. The fourth-order valence-corrected chi connectivity index (χ4v) is 11.4. The quantitative estimate of drug-likeness (QED) is 0.0879. The lowest BCUT2D eigenvalue weighted by Gasteiger charge is -2.35. The number of aryl methyl sites for hydroxylation is 5. The zero-order valence-corrected chi connectivity index (χ0v) is 62.1. The summed E-state index contributed by atoms with van der Waals surface area (Å²) in [5.74, 6) is 6.49. The molecule has 0 amide bonds. The van der Waals surface area contributed by atoms with Gasteiger partial charge < -0.3 is 0 Å². The number of allylic oxidation sites excluding steroid dienone is 2. The van der Waals surface area contributed by atoms with E-state index in [0.29, 0.717) is 46.8 Å². The standard InChI is InChI=1S/C11H17N.C11H15N.C11H22.C10H14N2.C10H15N.2C8H13NS.C7H12N2S/c2*1-4-5-10-6-7-11(9(2)3)12-8-10;1-10(2)9-11(3)7-5-4-6-8-11;1-4-5-9-6-11-10(8(2)3)12-7-9;1-4-9-5-6-10(8(2)3)11-7-9;1-4-7-5-10-8(9-7)6(2)3;1-4-7-5-9-8(10-7)6(2)3;1-4-6-8-7(5(2)3)10-9-6/h6-9H,4-5H2,1-3H3;4-9H,1-3H3;10H,4-9H2,1-3H3;4-8H,1-3H3;5-8H,4H2,1-3H3;2*5-6H,4H2,1-3H3;5H,4H2,1-3H3/b;5-4+;;5-4+;;;;. The Morgan fingerprint density at radius 3 is 1.33 bits per heavy atom. The molecular weight excluding hydrogens is 1140 g/mol. The van der Waals surface area contributed by atoms with Gasteiger partial charge in [-0.05, 0) is 134 Å². The van der Waals surface area contributed by atoms with Gasteiger partial charge in [-0.25, -0.2) is 24.9 Å². The van der Waals surface area contributed by atoms with Crippen LogP contribution in [0.2, 0.25) is 0 Å². The third-order valence-corrected chi connectivity index (χ3v) is 17.9. The molecular formula is C76H121N9S3. The summed E-state index contributed by atoms with van der Waals surface area (Å²) in [5.41, 5.74) is 10.3. The zero-order valence-electron chi connectivity index (χ0n) is 59.7. The van der Waals surface area contributed by atoms with Crippen LogP contribution in [-0.4, -0.2) is 44.2 Å². The molecule has 0 aliphatic heterocycles. The number of rotatable bonds is 17. The highest BCUT2D eigenvalue weighted by Crippen LogP contribution is 2.40. The molecule has 0 atom stereocenters. The van der Waals surface area contributed by atoms with Gasteiger partial charge in [0.1, 0.15) is 16.7 Å². The molecule has 0 radical (unpaired) electrons. The van der Waals surface area contributed by atoms with Gasteiger partial charge in [0.2, 0.25) is 0 Å². The molecule has 0 N–H and O–H groups in total. The molecule has 9 nitrogen and oxygen atoms in total. The average molecular weight is 1260 g/mol. The third kappa shape index (κ3) is 34.7. The second kappa shape index (κ2) is 46.0. The molecule has 0 bridgehead atoms. The highest BCUT2D eigenvalue weighted by Gasteiger charge is 2.27. The minimum absolute atomic E-state index is 0.407. The van der Waals surface area contributed by atoms with Crippen LogP contribution in [0.5, 0.6) is 0 Å². The van der Waals surface area contributed by atoms with Gasteiger partial charge >= 0.3 is 0 Å². The van der Waals surface area contributed by atoms with Crippen molar-refractivity contribution in [1.29, 1.82) is 0 Å². The lowest BCUT2D eigenvalue weighted by molar-refractivity contribution is 0.175. The molecule has 12 heteroatoms. The summed E-state index contributed by atoms with van der Waals surface area (Å²) in [5, 5.41) is 5.82. The van der Waals surface area contributed by atoms with Gasteiger partial charge in [0.25, 0.3) is 0 Å². The first-order chi connectivity index (χ1) is 41.8. The first-order valence-electron chi connectivity index (χ1n) is 33.4. The number of pyridine rings is 3. The smallest absolute Gasteiger partial charge is 0.142 e. The summed E-state index contributed by atoms with van der Waals surface area (Å²) in [6.45, 7) is 52.0. The van der Waals surface area contributed by atoms with Gasteiger partial charge in [-0.3, -0.25) is 15.0 Å². The molecule has 1 saturated carbocycles. The molecule has 8 rings (SSSR count). The molecule has 0 spiro atoms. The molecule has 1 aliphatic rings. The fourth-order valence-electron chi connectivity index (χ4n) is 8.92. The summed E-state index contributed by atoms with van der Waals surface area (Å²) in [7, 11) is 0. The zero-order chi connectivity index (χ0) is 66.2. The highest BCUT2D eigenvalue weighted by atomic mass is 32.1. The van der Waals surface area contributed by atoms with E-state index in [0.717, 1.165) is 65.9 Å². The largest absolute Gasteiger partial charge is 0.261 e. The molecule has 7 aromatic rings. The third-order valence-electron chi connectivity index (χ3n) is 14.2. The van der Waals surface area contributed by atoms with Gasteiger partial charge in [-0.1, -0.05) is 221 Å². The van der Waals surface area contributed by atoms with E-state index in [4.69, 9.17) is 0 Å². The monoisotopic (exact) mass is 1260 g/mol. The minimum Gasteiger partial charge on any atom is -0.261 e. The van der Waals surface area contributed by atoms with Crippen LogP contribution in [0.3, 0.4) is 0 Å². The van der Waals surface area contributed by atoms with E-state index in [2.05, 4.69) is 244 Å². The van der Waals surface area contributed by atoms with Crippen molar-refractivity contribution in [2.75, 3.05) is 0 Å².